The van der Waals surface area contributed by atoms with Gasteiger partial charge in [0.15, 0.2) is 0 Å². The normalized spacial score (nSPS) is 22.4. The number of para-hydroxylation sites is 1. The summed E-state index contributed by atoms with van der Waals surface area (Å²) in [6.07, 6.45) is 8.63. The number of hydrogen-bond acceptors (Lipinski definition) is 3. The molecule has 1 atom stereocenters. The van der Waals surface area contributed by atoms with Gasteiger partial charge in [0, 0.05) is 29.4 Å². The summed E-state index contributed by atoms with van der Waals surface area (Å²) in [6, 6.07) is 18.2. The van der Waals surface area contributed by atoms with E-state index in [-0.39, 0.29) is 11.8 Å². The average molecular weight is 368 g/mol. The van der Waals surface area contributed by atoms with Gasteiger partial charge in [-0.2, -0.15) is 0 Å². The zero-order chi connectivity index (χ0) is 18.9. The Morgan fingerprint density at radius 3 is 2.64 bits per heavy atom. The Bertz CT molecular complexity index is 1060. The minimum atomic E-state index is -0.0412. The fraction of sp³-hybridized carbons (Fsp3) is 0.125. The van der Waals surface area contributed by atoms with E-state index in [1.165, 1.54) is 0 Å². The van der Waals surface area contributed by atoms with Crippen LogP contribution < -0.4 is 10.6 Å². The summed E-state index contributed by atoms with van der Waals surface area (Å²) in [4.78, 5) is 12.7. The van der Waals surface area contributed by atoms with E-state index < -0.39 is 0 Å². The molecular weight excluding hydrogens is 348 g/mol. The van der Waals surface area contributed by atoms with E-state index in [2.05, 4.69) is 22.8 Å². The molecule has 0 saturated carbocycles. The lowest BCUT2D eigenvalue weighted by Crippen LogP contribution is -2.16. The number of hydrogen-bond donors (Lipinski definition) is 2. The standard InChI is InChI=1S/C24H20N2O2/c27-24-23(22-12-10-17-8-4-5-9-20(17)25-22)19-14-18(11-13-21(19)26-24)28-15-16-6-2-1-3-7-16/h1-13,19,25H,14-15H2,(H,26,27). The highest BCUT2D eigenvalue weighted by Crippen LogP contribution is 2.38. The summed E-state index contributed by atoms with van der Waals surface area (Å²) in [5, 5.41) is 6.43. The van der Waals surface area contributed by atoms with Crippen molar-refractivity contribution in [1.82, 2.24) is 5.32 Å². The van der Waals surface area contributed by atoms with Gasteiger partial charge in [0.1, 0.15) is 6.61 Å². The van der Waals surface area contributed by atoms with Crippen LogP contribution in [0.5, 0.6) is 0 Å². The van der Waals surface area contributed by atoms with Gasteiger partial charge < -0.3 is 15.4 Å². The third-order valence-electron chi connectivity index (χ3n) is 5.30. The number of carbonyl (C=O) groups excluding carboxylic acids is 1. The Labute approximate surface area is 163 Å². The highest BCUT2D eigenvalue weighted by atomic mass is 16.5. The van der Waals surface area contributed by atoms with Crippen LogP contribution in [0.3, 0.4) is 0 Å². The van der Waals surface area contributed by atoms with Crippen molar-refractivity contribution in [3.05, 3.63) is 107 Å². The lowest BCUT2D eigenvalue weighted by molar-refractivity contribution is -0.116. The molecule has 28 heavy (non-hydrogen) atoms. The minimum absolute atomic E-state index is 0.0133. The van der Waals surface area contributed by atoms with Crippen molar-refractivity contribution < 1.29 is 9.53 Å². The molecule has 0 bridgehead atoms. The lowest BCUT2D eigenvalue weighted by atomic mass is 9.89. The highest BCUT2D eigenvalue weighted by Gasteiger charge is 2.37. The Hall–Kier alpha value is -3.53. The molecule has 4 heteroatoms. The SMILES string of the molecule is O=C1NC2=CC=C(OCc3ccccc3)CC2C1=C1C=Cc2ccccc2N1. The first kappa shape index (κ1) is 16.6. The van der Waals surface area contributed by atoms with Crippen LogP contribution in [0.1, 0.15) is 17.5 Å². The summed E-state index contributed by atoms with van der Waals surface area (Å²) >= 11 is 0. The maximum Gasteiger partial charge on any atom is 0.254 e. The molecule has 4 nitrogen and oxygen atoms in total. The molecule has 5 rings (SSSR count). The molecule has 2 aromatic carbocycles. The van der Waals surface area contributed by atoms with Crippen molar-refractivity contribution in [2.24, 2.45) is 5.92 Å². The number of carbonyl (C=O) groups is 1. The van der Waals surface area contributed by atoms with Crippen molar-refractivity contribution in [2.45, 2.75) is 13.0 Å². The number of anilines is 1. The Morgan fingerprint density at radius 2 is 1.75 bits per heavy atom. The highest BCUT2D eigenvalue weighted by molar-refractivity contribution is 6.01. The monoisotopic (exact) mass is 368 g/mol. The zero-order valence-electron chi connectivity index (χ0n) is 15.3. The van der Waals surface area contributed by atoms with E-state index in [1.54, 1.807) is 0 Å². The fourth-order valence-corrected chi connectivity index (χ4v) is 3.86. The van der Waals surface area contributed by atoms with Crippen LogP contribution in [0, 0.1) is 5.92 Å². The van der Waals surface area contributed by atoms with E-state index in [0.29, 0.717) is 13.0 Å². The molecular formula is C24H20N2O2. The molecule has 2 heterocycles. The van der Waals surface area contributed by atoms with E-state index >= 15 is 0 Å². The van der Waals surface area contributed by atoms with Crippen molar-refractivity contribution in [1.29, 1.82) is 0 Å². The van der Waals surface area contributed by atoms with Crippen LogP contribution in [0.25, 0.3) is 6.08 Å². The van der Waals surface area contributed by atoms with Gasteiger partial charge in [-0.15, -0.1) is 0 Å². The predicted octanol–water partition coefficient (Wildman–Crippen LogP) is 4.51. The van der Waals surface area contributed by atoms with E-state index in [9.17, 15) is 4.79 Å². The Balaban J connectivity index is 1.38. The molecule has 2 aliphatic heterocycles. The first-order valence-electron chi connectivity index (χ1n) is 9.45. The maximum absolute atomic E-state index is 12.7. The zero-order valence-corrected chi connectivity index (χ0v) is 15.3. The van der Waals surface area contributed by atoms with Gasteiger partial charge in [-0.1, -0.05) is 54.6 Å². The van der Waals surface area contributed by atoms with Gasteiger partial charge in [-0.05, 0) is 35.4 Å². The number of fused-ring (bicyclic) bond motifs is 2. The van der Waals surface area contributed by atoms with Crippen LogP contribution in [-0.2, 0) is 16.1 Å². The second kappa shape index (κ2) is 6.89. The van der Waals surface area contributed by atoms with Gasteiger partial charge in [0.05, 0.1) is 11.3 Å². The van der Waals surface area contributed by atoms with Gasteiger partial charge >= 0.3 is 0 Å². The molecule has 1 amide bonds. The summed E-state index contributed by atoms with van der Waals surface area (Å²) in [5.41, 5.74) is 5.83. The minimum Gasteiger partial charge on any atom is -0.493 e. The van der Waals surface area contributed by atoms with E-state index in [4.69, 9.17) is 4.74 Å². The van der Waals surface area contributed by atoms with Gasteiger partial charge in [0.2, 0.25) is 0 Å². The molecule has 2 aromatic rings. The van der Waals surface area contributed by atoms with E-state index in [1.807, 2.05) is 66.8 Å². The van der Waals surface area contributed by atoms with Gasteiger partial charge in [-0.3, -0.25) is 4.79 Å². The van der Waals surface area contributed by atoms with Gasteiger partial charge in [-0.25, -0.2) is 0 Å². The van der Waals surface area contributed by atoms with Crippen molar-refractivity contribution >= 4 is 17.7 Å². The number of nitrogens with one attached hydrogen (secondary N) is 2. The molecule has 1 saturated heterocycles. The topological polar surface area (TPSA) is 50.4 Å². The third kappa shape index (κ3) is 3.03. The first-order valence-corrected chi connectivity index (χ1v) is 9.45. The number of allylic oxidation sites excluding steroid dienone is 5. The smallest absolute Gasteiger partial charge is 0.254 e. The average Bonchev–Trinajstić information content (AvgIpc) is 3.07. The Morgan fingerprint density at radius 1 is 0.929 bits per heavy atom. The van der Waals surface area contributed by atoms with Crippen molar-refractivity contribution in [2.75, 3.05) is 5.32 Å². The van der Waals surface area contributed by atoms with Crippen LogP contribution in [-0.4, -0.2) is 5.91 Å². The number of ether oxygens (including phenoxy) is 1. The summed E-state index contributed by atoms with van der Waals surface area (Å²) in [7, 11) is 0. The predicted molar refractivity (Wildman–Crippen MR) is 110 cm³/mol. The molecule has 1 unspecified atom stereocenters. The largest absolute Gasteiger partial charge is 0.493 e. The number of rotatable bonds is 3. The van der Waals surface area contributed by atoms with Crippen LogP contribution in [0.2, 0.25) is 0 Å². The quantitative estimate of drug-likeness (QED) is 0.784. The molecule has 0 spiro atoms. The van der Waals surface area contributed by atoms with Crippen LogP contribution >= 0.6 is 0 Å². The fourth-order valence-electron chi connectivity index (χ4n) is 3.86. The third-order valence-corrected chi connectivity index (χ3v) is 5.30. The second-order valence-electron chi connectivity index (χ2n) is 7.11. The molecule has 138 valence electrons. The second-order valence-corrected chi connectivity index (χ2v) is 7.11. The maximum atomic E-state index is 12.7. The Kier molecular flexibility index (Phi) is 4.09. The van der Waals surface area contributed by atoms with Crippen molar-refractivity contribution in [3.8, 4) is 0 Å². The van der Waals surface area contributed by atoms with Crippen molar-refractivity contribution in [3.63, 3.8) is 0 Å². The summed E-state index contributed by atoms with van der Waals surface area (Å²) < 4.78 is 6.02. The molecule has 1 aliphatic carbocycles. The summed E-state index contributed by atoms with van der Waals surface area (Å²) in [5.74, 6) is 0.841. The van der Waals surface area contributed by atoms with Crippen LogP contribution in [0.4, 0.5) is 5.69 Å². The molecule has 3 aliphatic rings. The number of benzene rings is 2. The lowest BCUT2D eigenvalue weighted by Gasteiger charge is -2.22. The molecule has 0 aromatic heterocycles. The van der Waals surface area contributed by atoms with Gasteiger partial charge in [0.25, 0.3) is 5.91 Å². The molecule has 1 fully saturated rings. The van der Waals surface area contributed by atoms with E-state index in [0.717, 1.165) is 39.5 Å². The number of amides is 1. The molecule has 2 N–H and O–H groups in total. The summed E-state index contributed by atoms with van der Waals surface area (Å²) in [6.45, 7) is 0.529. The van der Waals surface area contributed by atoms with Crippen LogP contribution in [0.15, 0.2) is 95.6 Å². The first-order chi connectivity index (χ1) is 13.8. The molecule has 0 radical (unpaired) electrons.